The topological polar surface area (TPSA) is 76.1 Å². The molecule has 0 unspecified atom stereocenters. The third-order valence-electron chi connectivity index (χ3n) is 7.92. The van der Waals surface area contributed by atoms with Crippen LogP contribution in [-0.2, 0) is 12.8 Å². The lowest BCUT2D eigenvalue weighted by Gasteiger charge is -2.27. The van der Waals surface area contributed by atoms with E-state index in [9.17, 15) is 14.4 Å². The zero-order chi connectivity index (χ0) is 29.2. The van der Waals surface area contributed by atoms with Crippen LogP contribution in [0.5, 0.6) is 11.5 Å². The molecule has 42 heavy (non-hydrogen) atoms. The number of carbonyl (C=O) groups is 3. The summed E-state index contributed by atoms with van der Waals surface area (Å²) in [7, 11) is 4.01. The van der Waals surface area contributed by atoms with Crippen molar-refractivity contribution in [2.45, 2.75) is 12.8 Å². The Morgan fingerprint density at radius 1 is 0.571 bits per heavy atom. The van der Waals surface area contributed by atoms with Crippen molar-refractivity contribution in [2.75, 3.05) is 50.2 Å². The highest BCUT2D eigenvalue weighted by molar-refractivity contribution is 6.09. The highest BCUT2D eigenvalue weighted by Crippen LogP contribution is 2.33. The summed E-state index contributed by atoms with van der Waals surface area (Å²) >= 11 is 0. The monoisotopic (exact) mass is 560 g/mol. The molecule has 6 rings (SSSR count). The van der Waals surface area contributed by atoms with E-state index in [4.69, 9.17) is 9.47 Å². The van der Waals surface area contributed by atoms with Gasteiger partial charge in [-0.2, -0.15) is 0 Å². The lowest BCUT2D eigenvalue weighted by Crippen LogP contribution is -2.28. The third kappa shape index (κ3) is 5.63. The van der Waals surface area contributed by atoms with Gasteiger partial charge in [0.1, 0.15) is 24.7 Å². The van der Waals surface area contributed by atoms with E-state index >= 15 is 0 Å². The molecule has 212 valence electrons. The van der Waals surface area contributed by atoms with Gasteiger partial charge in [-0.3, -0.25) is 14.4 Å². The summed E-state index contributed by atoms with van der Waals surface area (Å²) in [4.78, 5) is 43.2. The van der Waals surface area contributed by atoms with Crippen LogP contribution in [0.3, 0.4) is 0 Å². The van der Waals surface area contributed by atoms with E-state index in [0.717, 1.165) is 47.1 Å². The van der Waals surface area contributed by atoms with Crippen molar-refractivity contribution in [3.8, 4) is 11.5 Å². The Morgan fingerprint density at radius 2 is 0.952 bits per heavy atom. The molecule has 0 N–H and O–H groups in total. The lowest BCUT2D eigenvalue weighted by atomic mass is 9.97. The second kappa shape index (κ2) is 11.5. The molecule has 0 bridgehead atoms. The number of benzene rings is 4. The van der Waals surface area contributed by atoms with Gasteiger partial charge in [0.25, 0.3) is 0 Å². The van der Waals surface area contributed by atoms with Crippen LogP contribution in [0.15, 0.2) is 84.9 Å². The van der Waals surface area contributed by atoms with Crippen LogP contribution in [0.2, 0.25) is 0 Å². The van der Waals surface area contributed by atoms with Crippen LogP contribution in [0.25, 0.3) is 0 Å². The van der Waals surface area contributed by atoms with Gasteiger partial charge in [0.15, 0.2) is 17.3 Å². The Kier molecular flexibility index (Phi) is 7.48. The first kappa shape index (κ1) is 27.3. The van der Waals surface area contributed by atoms with Crippen molar-refractivity contribution in [1.29, 1.82) is 0 Å². The van der Waals surface area contributed by atoms with Crippen LogP contribution in [0.4, 0.5) is 11.4 Å². The Labute approximate surface area is 245 Å². The smallest absolute Gasteiger partial charge is 0.193 e. The van der Waals surface area contributed by atoms with Gasteiger partial charge in [-0.25, -0.2) is 0 Å². The van der Waals surface area contributed by atoms with Crippen molar-refractivity contribution in [2.24, 2.45) is 0 Å². The summed E-state index contributed by atoms with van der Waals surface area (Å²) in [5.74, 6) is 1.33. The molecule has 0 radical (unpaired) electrons. The minimum Gasteiger partial charge on any atom is -0.490 e. The van der Waals surface area contributed by atoms with Crippen LogP contribution in [0, 0.1) is 0 Å². The SMILES string of the molecule is CN1CCOc2cc(C(=O)Cc3ccc(C(=O)c4ccc(CC(=O)c5ccc6c(c5)OCCN6C)cc4)cc3)ccc21. The normalized spacial score (nSPS) is 13.9. The number of Topliss-reactive ketones (excluding diaryl/α,β-unsaturated/α-hetero) is 2. The predicted molar refractivity (Wildman–Crippen MR) is 163 cm³/mol. The zero-order valence-electron chi connectivity index (χ0n) is 23.8. The molecule has 0 aromatic heterocycles. The van der Waals surface area contributed by atoms with Gasteiger partial charge in [-0.15, -0.1) is 0 Å². The van der Waals surface area contributed by atoms with Crippen molar-refractivity contribution in [3.63, 3.8) is 0 Å². The highest BCUT2D eigenvalue weighted by atomic mass is 16.5. The van der Waals surface area contributed by atoms with Crippen molar-refractivity contribution in [3.05, 3.63) is 118 Å². The second-order valence-electron chi connectivity index (χ2n) is 10.8. The molecule has 2 aliphatic rings. The maximum absolute atomic E-state index is 13.1. The fourth-order valence-electron chi connectivity index (χ4n) is 5.35. The molecule has 0 saturated heterocycles. The number of hydrogen-bond acceptors (Lipinski definition) is 7. The van der Waals surface area contributed by atoms with E-state index in [1.807, 2.05) is 74.8 Å². The number of likely N-dealkylation sites (N-methyl/N-ethyl adjacent to an activating group) is 2. The number of nitrogens with zero attached hydrogens (tertiary/aromatic N) is 2. The van der Waals surface area contributed by atoms with Crippen molar-refractivity contribution in [1.82, 2.24) is 0 Å². The second-order valence-corrected chi connectivity index (χ2v) is 10.8. The van der Waals surface area contributed by atoms with Crippen molar-refractivity contribution >= 4 is 28.7 Å². The summed E-state index contributed by atoms with van der Waals surface area (Å²) in [6.07, 6.45) is 0.470. The average molecular weight is 561 g/mol. The van der Waals surface area contributed by atoms with E-state index < -0.39 is 0 Å². The molecule has 0 fully saturated rings. The van der Waals surface area contributed by atoms with Gasteiger partial charge in [-0.05, 0) is 47.5 Å². The van der Waals surface area contributed by atoms with Crippen LogP contribution >= 0.6 is 0 Å². The maximum atomic E-state index is 13.1. The van der Waals surface area contributed by atoms with Crippen LogP contribution in [0.1, 0.15) is 47.8 Å². The van der Waals surface area contributed by atoms with E-state index in [2.05, 4.69) is 9.80 Å². The van der Waals surface area contributed by atoms with Gasteiger partial charge in [-0.1, -0.05) is 48.5 Å². The molecule has 4 aromatic rings. The minimum atomic E-state index is -0.113. The molecule has 0 amide bonds. The lowest BCUT2D eigenvalue weighted by molar-refractivity contribution is 0.0984. The molecular weight excluding hydrogens is 528 g/mol. The molecule has 0 spiro atoms. The first-order valence-corrected chi connectivity index (χ1v) is 14.1. The van der Waals surface area contributed by atoms with Crippen molar-refractivity contribution < 1.29 is 23.9 Å². The Bertz CT molecular complexity index is 1540. The van der Waals surface area contributed by atoms with Gasteiger partial charge < -0.3 is 19.3 Å². The predicted octanol–water partition coefficient (Wildman–Crippen LogP) is 5.43. The first-order chi connectivity index (χ1) is 20.4. The summed E-state index contributed by atoms with van der Waals surface area (Å²) in [5, 5.41) is 0. The summed E-state index contributed by atoms with van der Waals surface area (Å²) in [5.41, 5.74) is 5.93. The van der Waals surface area contributed by atoms with Gasteiger partial charge in [0.05, 0.1) is 24.5 Å². The van der Waals surface area contributed by atoms with Crippen LogP contribution in [-0.4, -0.2) is 57.7 Å². The molecule has 2 heterocycles. The van der Waals surface area contributed by atoms with Gasteiger partial charge in [0, 0.05) is 49.2 Å². The molecule has 4 aromatic carbocycles. The van der Waals surface area contributed by atoms with E-state index in [1.165, 1.54) is 0 Å². The quantitative estimate of drug-likeness (QED) is 0.266. The standard InChI is InChI=1S/C35H32N2O5/c1-36-15-17-41-33-21-27(11-13-29(33)36)31(38)19-23-3-7-25(8-4-23)35(40)26-9-5-24(6-10-26)20-32(39)28-12-14-30-34(22-28)42-18-16-37(30)2/h3-14,21-22H,15-20H2,1-2H3. The maximum Gasteiger partial charge on any atom is 0.193 e. The highest BCUT2D eigenvalue weighted by Gasteiger charge is 2.19. The molecule has 0 atom stereocenters. The summed E-state index contributed by atoms with van der Waals surface area (Å²) in [6.45, 7) is 2.83. The van der Waals surface area contributed by atoms with E-state index in [1.54, 1.807) is 24.3 Å². The molecule has 0 saturated carbocycles. The first-order valence-electron chi connectivity index (χ1n) is 14.1. The Hall–Kier alpha value is -4.91. The molecule has 7 heteroatoms. The number of rotatable bonds is 8. The van der Waals surface area contributed by atoms with E-state index in [0.29, 0.717) is 35.5 Å². The third-order valence-corrected chi connectivity index (χ3v) is 7.92. The molecule has 2 aliphatic heterocycles. The zero-order valence-corrected chi connectivity index (χ0v) is 23.8. The van der Waals surface area contributed by atoms with Gasteiger partial charge >= 0.3 is 0 Å². The largest absolute Gasteiger partial charge is 0.490 e. The number of hydrogen-bond donors (Lipinski definition) is 0. The van der Waals surface area contributed by atoms with Gasteiger partial charge in [0.2, 0.25) is 0 Å². The summed E-state index contributed by atoms with van der Waals surface area (Å²) in [6, 6.07) is 25.4. The summed E-state index contributed by atoms with van der Waals surface area (Å²) < 4.78 is 11.5. The number of ether oxygens (including phenoxy) is 2. The number of ketones is 3. The average Bonchev–Trinajstić information content (AvgIpc) is 3.01. The fraction of sp³-hybridized carbons (Fsp3) is 0.229. The molecule has 7 nitrogen and oxygen atoms in total. The van der Waals surface area contributed by atoms with Crippen LogP contribution < -0.4 is 19.3 Å². The molecule has 0 aliphatic carbocycles. The minimum absolute atomic E-state index is 0.00547. The number of anilines is 2. The Morgan fingerprint density at radius 3 is 1.36 bits per heavy atom. The Balaban J connectivity index is 1.07. The number of carbonyl (C=O) groups excluding carboxylic acids is 3. The molecular formula is C35H32N2O5. The number of fused-ring (bicyclic) bond motifs is 2. The fourth-order valence-corrected chi connectivity index (χ4v) is 5.35. The van der Waals surface area contributed by atoms with E-state index in [-0.39, 0.29) is 30.2 Å².